The fourth-order valence-corrected chi connectivity index (χ4v) is 1.30. The third-order valence-corrected chi connectivity index (χ3v) is 1.81. The second-order valence-corrected chi connectivity index (χ2v) is 2.71. The molecule has 0 spiro atoms. The lowest BCUT2D eigenvalue weighted by Crippen LogP contribution is -1.71. The van der Waals surface area contributed by atoms with Crippen molar-refractivity contribution in [3.63, 3.8) is 0 Å². The molecular formula is C5H9N2P. The molecule has 0 amide bonds. The van der Waals surface area contributed by atoms with Crippen molar-refractivity contribution in [2.75, 3.05) is 0 Å². The van der Waals surface area contributed by atoms with Crippen molar-refractivity contribution in [2.24, 2.45) is 0 Å². The van der Waals surface area contributed by atoms with E-state index in [0.29, 0.717) is 0 Å². The third-order valence-electron chi connectivity index (χ3n) is 0.971. The van der Waals surface area contributed by atoms with Gasteiger partial charge in [0.25, 0.3) is 0 Å². The zero-order chi connectivity index (χ0) is 5.82. The second kappa shape index (κ2) is 2.83. The molecule has 1 aromatic heterocycles. The largest absolute Gasteiger partial charge is 0.260 e. The smallest absolute Gasteiger partial charge is 0.0567 e. The van der Waals surface area contributed by atoms with Crippen molar-refractivity contribution in [2.45, 2.75) is 19.8 Å². The van der Waals surface area contributed by atoms with E-state index in [0.717, 1.165) is 0 Å². The van der Waals surface area contributed by atoms with Crippen LogP contribution in [0.25, 0.3) is 0 Å². The molecule has 1 aromatic rings. The number of hydrogen-bond donors (Lipinski definition) is 1. The van der Waals surface area contributed by atoms with Crippen molar-refractivity contribution >= 4 is 8.35 Å². The van der Waals surface area contributed by atoms with Crippen LogP contribution in [0.2, 0.25) is 0 Å². The van der Waals surface area contributed by atoms with Crippen LogP contribution in [0.15, 0.2) is 6.20 Å². The number of aromatic nitrogens is 2. The van der Waals surface area contributed by atoms with Gasteiger partial charge in [0.2, 0.25) is 0 Å². The van der Waals surface area contributed by atoms with Crippen LogP contribution in [0.5, 0.6) is 0 Å². The highest BCUT2D eigenvalue weighted by atomic mass is 31.0. The quantitative estimate of drug-likeness (QED) is 0.647. The summed E-state index contributed by atoms with van der Waals surface area (Å²) in [7, 11) is 1.18. The number of aryl methyl sites for hydroxylation is 1. The monoisotopic (exact) mass is 128 g/mol. The predicted molar refractivity (Wildman–Crippen MR) is 35.1 cm³/mol. The summed E-state index contributed by atoms with van der Waals surface area (Å²) in [5.74, 6) is 0. The van der Waals surface area contributed by atoms with Crippen LogP contribution < -0.4 is 0 Å². The highest BCUT2D eigenvalue weighted by Crippen LogP contribution is 2.09. The maximum Gasteiger partial charge on any atom is 0.0567 e. The topological polar surface area (TPSA) is 28.7 Å². The summed E-state index contributed by atoms with van der Waals surface area (Å²) >= 11 is 0. The van der Waals surface area contributed by atoms with Gasteiger partial charge < -0.3 is 0 Å². The SMILES string of the molecule is CCCc1cn[nH]p1. The molecule has 0 unspecified atom stereocenters. The average molecular weight is 128 g/mol. The maximum atomic E-state index is 3.86. The van der Waals surface area contributed by atoms with E-state index in [1.165, 1.54) is 26.5 Å². The zero-order valence-corrected chi connectivity index (χ0v) is 5.78. The van der Waals surface area contributed by atoms with Gasteiger partial charge in [-0.3, -0.25) is 4.86 Å². The van der Waals surface area contributed by atoms with Crippen LogP contribution >= 0.6 is 8.35 Å². The van der Waals surface area contributed by atoms with Crippen LogP contribution in [0, 0.1) is 0 Å². The second-order valence-electron chi connectivity index (χ2n) is 1.71. The molecule has 1 N–H and O–H groups in total. The van der Waals surface area contributed by atoms with Gasteiger partial charge in [0.05, 0.1) is 6.20 Å². The van der Waals surface area contributed by atoms with Crippen molar-refractivity contribution < 1.29 is 0 Å². The average Bonchev–Trinajstić information content (AvgIpc) is 2.19. The molecular weight excluding hydrogens is 119 g/mol. The fourth-order valence-electron chi connectivity index (χ4n) is 0.602. The van der Waals surface area contributed by atoms with E-state index < -0.39 is 0 Å². The summed E-state index contributed by atoms with van der Waals surface area (Å²) < 4.78 is 0. The van der Waals surface area contributed by atoms with E-state index in [1.807, 2.05) is 6.20 Å². The Morgan fingerprint density at radius 2 is 2.75 bits per heavy atom. The minimum Gasteiger partial charge on any atom is -0.260 e. The first-order chi connectivity index (χ1) is 3.93. The molecule has 0 radical (unpaired) electrons. The van der Waals surface area contributed by atoms with Crippen LogP contribution in [-0.2, 0) is 6.42 Å². The Labute approximate surface area is 50.5 Å². The van der Waals surface area contributed by atoms with Crippen molar-refractivity contribution in [1.29, 1.82) is 0 Å². The molecule has 0 saturated heterocycles. The summed E-state index contributed by atoms with van der Waals surface area (Å²) in [6.07, 6.45) is 4.30. The van der Waals surface area contributed by atoms with Crippen LogP contribution in [0.4, 0.5) is 0 Å². The van der Waals surface area contributed by atoms with Crippen LogP contribution in [-0.4, -0.2) is 9.96 Å². The number of rotatable bonds is 2. The predicted octanol–water partition coefficient (Wildman–Crippen LogP) is 1.94. The molecule has 1 heterocycles. The number of hydrogen-bond acceptors (Lipinski definition) is 1. The normalized spacial score (nSPS) is 10.6. The lowest BCUT2D eigenvalue weighted by atomic mass is 10.3. The Kier molecular flexibility index (Phi) is 2.04. The van der Waals surface area contributed by atoms with E-state index in [2.05, 4.69) is 16.9 Å². The summed E-state index contributed by atoms with van der Waals surface area (Å²) in [6.45, 7) is 2.18. The van der Waals surface area contributed by atoms with E-state index in [9.17, 15) is 0 Å². The molecule has 0 bridgehead atoms. The first kappa shape index (κ1) is 5.77. The first-order valence-corrected chi connectivity index (χ1v) is 3.67. The standard InChI is InChI=1S/C5H9N2P/c1-2-3-5-4-6-7-8-5/h4H,2-3H2,1H3,(H,6,7). The molecule has 44 valence electrons. The van der Waals surface area contributed by atoms with Gasteiger partial charge in [-0.2, -0.15) is 5.10 Å². The highest BCUT2D eigenvalue weighted by Gasteiger charge is 1.88. The Morgan fingerprint density at radius 3 is 3.25 bits per heavy atom. The van der Waals surface area contributed by atoms with Gasteiger partial charge in [0.1, 0.15) is 0 Å². The fraction of sp³-hybridized carbons (Fsp3) is 0.600. The van der Waals surface area contributed by atoms with Gasteiger partial charge in [0.15, 0.2) is 0 Å². The third kappa shape index (κ3) is 1.31. The van der Waals surface area contributed by atoms with Gasteiger partial charge in [-0.15, -0.1) is 0 Å². The van der Waals surface area contributed by atoms with E-state index >= 15 is 0 Å². The summed E-state index contributed by atoms with van der Waals surface area (Å²) in [5.41, 5.74) is 0. The minimum absolute atomic E-state index is 1.18. The Balaban J connectivity index is 2.50. The summed E-state index contributed by atoms with van der Waals surface area (Å²) in [5, 5.41) is 5.25. The molecule has 2 nitrogen and oxygen atoms in total. The Bertz CT molecular complexity index is 136. The van der Waals surface area contributed by atoms with E-state index in [1.54, 1.807) is 0 Å². The van der Waals surface area contributed by atoms with Crippen molar-refractivity contribution in [3.05, 3.63) is 11.5 Å². The number of nitrogens with zero attached hydrogens (tertiary/aromatic N) is 1. The van der Waals surface area contributed by atoms with Crippen LogP contribution in [0.1, 0.15) is 18.6 Å². The van der Waals surface area contributed by atoms with Gasteiger partial charge >= 0.3 is 0 Å². The molecule has 1 rings (SSSR count). The molecule has 0 atom stereocenters. The minimum atomic E-state index is 1.18. The van der Waals surface area contributed by atoms with Gasteiger partial charge in [-0.05, 0) is 6.42 Å². The Morgan fingerprint density at radius 1 is 1.88 bits per heavy atom. The van der Waals surface area contributed by atoms with Crippen molar-refractivity contribution in [1.82, 2.24) is 9.96 Å². The van der Waals surface area contributed by atoms with Gasteiger partial charge in [0, 0.05) is 13.6 Å². The molecule has 0 saturated carbocycles. The molecule has 0 fully saturated rings. The molecule has 3 heteroatoms. The molecule has 8 heavy (non-hydrogen) atoms. The molecule has 0 aliphatic carbocycles. The molecule has 0 aliphatic rings. The lowest BCUT2D eigenvalue weighted by molar-refractivity contribution is 0.935. The number of H-pyrrole nitrogens is 1. The van der Waals surface area contributed by atoms with Crippen LogP contribution in [0.3, 0.4) is 0 Å². The first-order valence-electron chi connectivity index (χ1n) is 2.78. The summed E-state index contributed by atoms with van der Waals surface area (Å²) in [4.78, 5) is 2.86. The lowest BCUT2D eigenvalue weighted by Gasteiger charge is -1.83. The highest BCUT2D eigenvalue weighted by molar-refractivity contribution is 7.26. The van der Waals surface area contributed by atoms with Gasteiger partial charge in [-0.1, -0.05) is 13.3 Å². The van der Waals surface area contributed by atoms with E-state index in [4.69, 9.17) is 0 Å². The molecule has 0 aliphatic heterocycles. The number of nitrogens with one attached hydrogen (secondary N) is 1. The van der Waals surface area contributed by atoms with Gasteiger partial charge in [-0.25, -0.2) is 0 Å². The van der Waals surface area contributed by atoms with Crippen molar-refractivity contribution in [3.8, 4) is 0 Å². The van der Waals surface area contributed by atoms with E-state index in [-0.39, 0.29) is 0 Å². The maximum absolute atomic E-state index is 3.86. The number of aromatic amines is 1. The zero-order valence-electron chi connectivity index (χ0n) is 4.89. The Hall–Kier alpha value is -0.360. The summed E-state index contributed by atoms with van der Waals surface area (Å²) in [6, 6.07) is 0. The molecule has 0 aromatic carbocycles.